The molecule has 10 heteroatoms. The number of aromatic nitrogens is 6. The van der Waals surface area contributed by atoms with Gasteiger partial charge in [-0.05, 0) is 30.7 Å². The smallest absolute Gasteiger partial charge is 0.251 e. The van der Waals surface area contributed by atoms with Crippen LogP contribution in [0.2, 0.25) is 0 Å². The molecule has 1 fully saturated rings. The maximum atomic E-state index is 12.7. The summed E-state index contributed by atoms with van der Waals surface area (Å²) in [5.41, 5.74) is 6.54. The number of rotatable bonds is 6. The van der Waals surface area contributed by atoms with Crippen LogP contribution >= 0.6 is 0 Å². The first-order valence-electron chi connectivity index (χ1n) is 13.1. The van der Waals surface area contributed by atoms with Crippen LogP contribution in [-0.2, 0) is 20.6 Å². The fraction of sp³-hybridized carbons (Fsp3) is 0.276. The van der Waals surface area contributed by atoms with Crippen molar-refractivity contribution in [3.8, 4) is 11.4 Å². The lowest BCUT2D eigenvalue weighted by Crippen LogP contribution is -2.47. The Morgan fingerprint density at radius 3 is 2.54 bits per heavy atom. The molecule has 0 radical (unpaired) electrons. The molecule has 0 saturated carbocycles. The Kier molecular flexibility index (Phi) is 6.44. The van der Waals surface area contributed by atoms with Crippen molar-refractivity contribution in [3.05, 3.63) is 83.9 Å². The van der Waals surface area contributed by atoms with Crippen molar-refractivity contribution in [2.75, 3.05) is 36.0 Å². The number of carbonyl (C=O) groups excluding carboxylic acids is 1. The monoisotopic (exact) mass is 521 g/mol. The molecular formula is C29H31N9O. The highest BCUT2D eigenvalue weighted by Crippen LogP contribution is 2.29. The van der Waals surface area contributed by atoms with Gasteiger partial charge in [0.1, 0.15) is 12.2 Å². The second-order valence-corrected chi connectivity index (χ2v) is 9.92. The van der Waals surface area contributed by atoms with E-state index in [9.17, 15) is 4.79 Å². The van der Waals surface area contributed by atoms with Crippen molar-refractivity contribution >= 4 is 28.6 Å². The lowest BCUT2D eigenvalue weighted by Gasteiger charge is -2.37. The minimum atomic E-state index is -0.0629. The minimum Gasteiger partial charge on any atom is -0.368 e. The maximum Gasteiger partial charge on any atom is 0.251 e. The summed E-state index contributed by atoms with van der Waals surface area (Å²) in [6.07, 6.45) is 5.38. The van der Waals surface area contributed by atoms with Gasteiger partial charge >= 0.3 is 0 Å². The number of imidazole rings is 1. The quantitative estimate of drug-likeness (QED) is 0.366. The molecule has 6 rings (SSSR count). The zero-order valence-electron chi connectivity index (χ0n) is 22.4. The Balaban J connectivity index is 1.17. The Labute approximate surface area is 226 Å². The highest BCUT2D eigenvalue weighted by molar-refractivity contribution is 5.94. The van der Waals surface area contributed by atoms with E-state index in [0.29, 0.717) is 12.1 Å². The predicted octanol–water partition coefficient (Wildman–Crippen LogP) is 3.33. The van der Waals surface area contributed by atoms with Crippen molar-refractivity contribution in [2.45, 2.75) is 13.5 Å². The van der Waals surface area contributed by atoms with Gasteiger partial charge in [-0.15, -0.1) is 0 Å². The molecule has 2 aromatic carbocycles. The van der Waals surface area contributed by atoms with Crippen LogP contribution in [0.4, 0.5) is 11.5 Å². The molecule has 0 bridgehead atoms. The summed E-state index contributed by atoms with van der Waals surface area (Å²) in [5, 5.41) is 7.38. The topological polar surface area (TPSA) is 97.0 Å². The van der Waals surface area contributed by atoms with Crippen molar-refractivity contribution < 1.29 is 4.79 Å². The summed E-state index contributed by atoms with van der Waals surface area (Å²) in [4.78, 5) is 31.5. The van der Waals surface area contributed by atoms with Gasteiger partial charge in [0.15, 0.2) is 17.0 Å². The third kappa shape index (κ3) is 4.81. The summed E-state index contributed by atoms with van der Waals surface area (Å²) in [6, 6.07) is 15.9. The Hall–Kier alpha value is -4.73. The molecule has 5 aromatic rings. The molecule has 1 saturated heterocycles. The van der Waals surface area contributed by atoms with E-state index in [1.54, 1.807) is 11.0 Å². The van der Waals surface area contributed by atoms with Gasteiger partial charge in [-0.2, -0.15) is 5.10 Å². The first-order valence-corrected chi connectivity index (χ1v) is 13.1. The van der Waals surface area contributed by atoms with Gasteiger partial charge in [0.25, 0.3) is 5.91 Å². The van der Waals surface area contributed by atoms with Crippen molar-refractivity contribution in [1.82, 2.24) is 34.6 Å². The second-order valence-electron chi connectivity index (χ2n) is 9.92. The molecular weight excluding hydrogens is 490 g/mol. The number of para-hydroxylation sites is 1. The summed E-state index contributed by atoms with van der Waals surface area (Å²) >= 11 is 0. The van der Waals surface area contributed by atoms with Crippen LogP contribution in [0.1, 0.15) is 21.5 Å². The van der Waals surface area contributed by atoms with Gasteiger partial charge in [0.05, 0.1) is 11.8 Å². The lowest BCUT2D eigenvalue weighted by molar-refractivity contribution is 0.0951. The van der Waals surface area contributed by atoms with Crippen molar-refractivity contribution in [3.63, 3.8) is 0 Å². The number of carbonyl (C=O) groups is 1. The Morgan fingerprint density at radius 1 is 0.974 bits per heavy atom. The van der Waals surface area contributed by atoms with Crippen LogP contribution in [0.3, 0.4) is 0 Å². The summed E-state index contributed by atoms with van der Waals surface area (Å²) in [6.45, 7) is 5.73. The van der Waals surface area contributed by atoms with Gasteiger partial charge in [-0.1, -0.05) is 35.9 Å². The second kappa shape index (κ2) is 10.2. The van der Waals surface area contributed by atoms with Crippen LogP contribution in [0.25, 0.3) is 22.6 Å². The molecule has 0 atom stereocenters. The third-order valence-electron chi connectivity index (χ3n) is 7.23. The number of piperazine rings is 1. The van der Waals surface area contributed by atoms with Crippen LogP contribution in [-0.4, -0.2) is 61.4 Å². The van der Waals surface area contributed by atoms with Crippen molar-refractivity contribution in [2.24, 2.45) is 14.1 Å². The Morgan fingerprint density at radius 2 is 1.77 bits per heavy atom. The zero-order valence-corrected chi connectivity index (χ0v) is 22.4. The summed E-state index contributed by atoms with van der Waals surface area (Å²) in [7, 11) is 3.87. The van der Waals surface area contributed by atoms with Gasteiger partial charge in [-0.3, -0.25) is 9.48 Å². The number of benzene rings is 2. The van der Waals surface area contributed by atoms with Crippen LogP contribution in [0.15, 0.2) is 67.3 Å². The molecule has 0 unspecified atom stereocenters. The number of hydrogen-bond donors (Lipinski definition) is 1. The molecule has 3 aromatic heterocycles. The molecule has 1 aliphatic rings. The maximum absolute atomic E-state index is 12.7. The average molecular weight is 522 g/mol. The van der Waals surface area contributed by atoms with E-state index in [0.717, 1.165) is 71.4 Å². The summed E-state index contributed by atoms with van der Waals surface area (Å²) in [5.74, 6) is 1.61. The molecule has 39 heavy (non-hydrogen) atoms. The third-order valence-corrected chi connectivity index (χ3v) is 7.23. The summed E-state index contributed by atoms with van der Waals surface area (Å²) < 4.78 is 3.77. The van der Waals surface area contributed by atoms with E-state index < -0.39 is 0 Å². The van der Waals surface area contributed by atoms with E-state index in [1.165, 1.54) is 0 Å². The van der Waals surface area contributed by atoms with Crippen LogP contribution in [0, 0.1) is 6.92 Å². The zero-order chi connectivity index (χ0) is 26.9. The van der Waals surface area contributed by atoms with Crippen molar-refractivity contribution in [1.29, 1.82) is 0 Å². The first kappa shape index (κ1) is 24.6. The number of nitrogens with zero attached hydrogens (tertiary/aromatic N) is 8. The molecule has 4 heterocycles. The number of nitrogens with one attached hydrogen (secondary N) is 1. The fourth-order valence-corrected chi connectivity index (χ4v) is 5.21. The van der Waals surface area contributed by atoms with E-state index in [1.807, 2.05) is 68.3 Å². The number of hydrogen-bond acceptors (Lipinski definition) is 7. The van der Waals surface area contributed by atoms with Gasteiger partial charge in [-0.25, -0.2) is 15.0 Å². The Bertz CT molecular complexity index is 1650. The number of fused-ring (bicyclic) bond motifs is 1. The molecule has 1 amide bonds. The molecule has 0 aliphatic carbocycles. The first-order chi connectivity index (χ1) is 19.0. The van der Waals surface area contributed by atoms with Gasteiger partial charge < -0.3 is 19.7 Å². The normalized spacial score (nSPS) is 13.7. The molecule has 1 N–H and O–H groups in total. The van der Waals surface area contributed by atoms with E-state index in [4.69, 9.17) is 4.98 Å². The van der Waals surface area contributed by atoms with Gasteiger partial charge in [0, 0.05) is 64.3 Å². The minimum absolute atomic E-state index is 0.0629. The number of amides is 1. The highest BCUT2D eigenvalue weighted by Gasteiger charge is 2.24. The molecule has 10 nitrogen and oxygen atoms in total. The van der Waals surface area contributed by atoms with E-state index in [2.05, 4.69) is 48.4 Å². The largest absolute Gasteiger partial charge is 0.368 e. The van der Waals surface area contributed by atoms with E-state index >= 15 is 0 Å². The highest BCUT2D eigenvalue weighted by atomic mass is 16.1. The molecule has 1 aliphatic heterocycles. The van der Waals surface area contributed by atoms with Crippen LogP contribution in [0.5, 0.6) is 0 Å². The average Bonchev–Trinajstić information content (AvgIpc) is 3.54. The SMILES string of the molecule is Cc1cccc(C(=O)NCc2ccccc2N2CCN(c3ncnc4c3nc(-c3cnn(C)c3)n4C)CC2)c1. The molecule has 198 valence electrons. The lowest BCUT2D eigenvalue weighted by atomic mass is 10.1. The van der Waals surface area contributed by atoms with E-state index in [-0.39, 0.29) is 5.91 Å². The predicted molar refractivity (Wildman–Crippen MR) is 152 cm³/mol. The van der Waals surface area contributed by atoms with Gasteiger partial charge in [0.2, 0.25) is 0 Å². The standard InChI is InChI=1S/C29H31N9O/c1-20-7-6-9-21(15-20)29(39)30-16-22-8-4-5-10-24(22)37-11-13-38(14-12-37)28-25-27(31-19-32-28)36(3)26(34-25)23-17-33-35(2)18-23/h4-10,15,17-19H,11-14,16H2,1-3H3,(H,30,39). The number of anilines is 2. The molecule has 0 spiro atoms. The fourth-order valence-electron chi connectivity index (χ4n) is 5.21. The van der Waals surface area contributed by atoms with Crippen LogP contribution < -0.4 is 15.1 Å². The number of aryl methyl sites for hydroxylation is 3.